The summed E-state index contributed by atoms with van der Waals surface area (Å²) in [6, 6.07) is 5.06. The average Bonchev–Trinajstić information content (AvgIpc) is 2.29. The molecule has 1 amide bonds. The molecule has 0 heterocycles. The summed E-state index contributed by atoms with van der Waals surface area (Å²) in [5.41, 5.74) is 0.671. The molecule has 4 nitrogen and oxygen atoms in total. The minimum Gasteiger partial charge on any atom is -0.444 e. The van der Waals surface area contributed by atoms with Gasteiger partial charge in [0, 0.05) is 23.6 Å². The van der Waals surface area contributed by atoms with E-state index >= 15 is 0 Å². The Balaban J connectivity index is 2.86. The van der Waals surface area contributed by atoms with Gasteiger partial charge in [0.1, 0.15) is 11.4 Å². The minimum atomic E-state index is -0.579. The molecule has 1 aromatic rings. The number of hydrogen-bond acceptors (Lipinski definition) is 3. The van der Waals surface area contributed by atoms with Gasteiger partial charge in [-0.3, -0.25) is 10.1 Å². The fourth-order valence-corrected chi connectivity index (χ4v) is 2.18. The average molecular weight is 326 g/mol. The van der Waals surface area contributed by atoms with E-state index in [1.807, 2.05) is 13.8 Å². The Morgan fingerprint density at radius 2 is 1.91 bits per heavy atom. The van der Waals surface area contributed by atoms with Crippen LogP contribution in [0.15, 0.2) is 18.2 Å². The van der Waals surface area contributed by atoms with Gasteiger partial charge in [0.2, 0.25) is 0 Å². The summed E-state index contributed by atoms with van der Waals surface area (Å²) >= 11 is 5.99. The Morgan fingerprint density at radius 3 is 2.45 bits per heavy atom. The van der Waals surface area contributed by atoms with E-state index < -0.39 is 11.7 Å². The van der Waals surface area contributed by atoms with Gasteiger partial charge in [-0.25, -0.2) is 4.79 Å². The summed E-state index contributed by atoms with van der Waals surface area (Å²) in [7, 11) is 0. The van der Waals surface area contributed by atoms with E-state index in [0.717, 1.165) is 0 Å². The van der Waals surface area contributed by atoms with E-state index in [9.17, 15) is 9.59 Å². The normalized spacial score (nSPS) is 11.4. The maximum absolute atomic E-state index is 12.0. The fraction of sp³-hybridized carbons (Fsp3) is 0.529. The first kappa shape index (κ1) is 18.5. The molecule has 0 saturated heterocycles. The van der Waals surface area contributed by atoms with Crippen molar-refractivity contribution in [3.63, 3.8) is 0 Å². The van der Waals surface area contributed by atoms with Gasteiger partial charge in [-0.1, -0.05) is 25.4 Å². The van der Waals surface area contributed by atoms with Gasteiger partial charge >= 0.3 is 6.09 Å². The lowest BCUT2D eigenvalue weighted by atomic mass is 10.00. The molecule has 0 spiro atoms. The number of carbonyl (C=O) groups is 2. The molecule has 1 rings (SSSR count). The van der Waals surface area contributed by atoms with Crippen LogP contribution in [-0.2, 0) is 16.0 Å². The van der Waals surface area contributed by atoms with Gasteiger partial charge in [0.15, 0.2) is 0 Å². The number of ether oxygens (including phenoxy) is 1. The maximum atomic E-state index is 12.0. The van der Waals surface area contributed by atoms with Gasteiger partial charge in [-0.15, -0.1) is 0 Å². The SMILES string of the molecule is CC(C)CC(=O)Cc1cc(Cl)ccc1NC(=O)OC(C)(C)C. The van der Waals surface area contributed by atoms with Crippen molar-refractivity contribution < 1.29 is 14.3 Å². The second kappa shape index (κ2) is 7.63. The molecule has 0 aromatic heterocycles. The van der Waals surface area contributed by atoms with Crippen molar-refractivity contribution in [3.8, 4) is 0 Å². The van der Waals surface area contributed by atoms with Gasteiger partial charge in [-0.05, 0) is 50.5 Å². The number of anilines is 1. The molecule has 0 aliphatic carbocycles. The number of ketones is 1. The van der Waals surface area contributed by atoms with Crippen LogP contribution in [0.5, 0.6) is 0 Å². The third-order valence-electron chi connectivity index (χ3n) is 2.73. The van der Waals surface area contributed by atoms with Crippen molar-refractivity contribution in [3.05, 3.63) is 28.8 Å². The maximum Gasteiger partial charge on any atom is 0.412 e. The summed E-state index contributed by atoms with van der Waals surface area (Å²) in [5, 5.41) is 3.21. The second-order valence-electron chi connectivity index (χ2n) is 6.74. The first-order valence-electron chi connectivity index (χ1n) is 7.37. The van der Waals surface area contributed by atoms with Gasteiger partial charge in [0.05, 0.1) is 0 Å². The monoisotopic (exact) mass is 325 g/mol. The largest absolute Gasteiger partial charge is 0.444 e. The van der Waals surface area contributed by atoms with Crippen LogP contribution in [0.3, 0.4) is 0 Å². The summed E-state index contributed by atoms with van der Waals surface area (Å²) < 4.78 is 5.23. The number of halogens is 1. The van der Waals surface area contributed by atoms with Crippen molar-refractivity contribution in [2.75, 3.05) is 5.32 Å². The zero-order chi connectivity index (χ0) is 16.9. The van der Waals surface area contributed by atoms with Crippen LogP contribution in [-0.4, -0.2) is 17.5 Å². The molecule has 0 aliphatic rings. The Hall–Kier alpha value is -1.55. The van der Waals surface area contributed by atoms with E-state index in [-0.39, 0.29) is 12.2 Å². The molecule has 5 heteroatoms. The molecule has 0 bridgehead atoms. The summed E-state index contributed by atoms with van der Waals surface area (Å²) in [6.45, 7) is 9.37. The van der Waals surface area contributed by atoms with Crippen LogP contribution in [0, 0.1) is 5.92 Å². The number of nitrogens with one attached hydrogen (secondary N) is 1. The van der Waals surface area contributed by atoms with E-state index in [1.165, 1.54) is 0 Å². The Bertz CT molecular complexity index is 547. The lowest BCUT2D eigenvalue weighted by molar-refractivity contribution is -0.119. The van der Waals surface area contributed by atoms with Crippen molar-refractivity contribution >= 4 is 29.2 Å². The zero-order valence-electron chi connectivity index (χ0n) is 13.8. The number of hydrogen-bond donors (Lipinski definition) is 1. The quantitative estimate of drug-likeness (QED) is 0.842. The van der Waals surface area contributed by atoms with Crippen LogP contribution in [0.4, 0.5) is 10.5 Å². The van der Waals surface area contributed by atoms with E-state index in [4.69, 9.17) is 16.3 Å². The third kappa shape index (κ3) is 6.94. The van der Waals surface area contributed by atoms with Gasteiger partial charge in [0.25, 0.3) is 0 Å². The molecular weight excluding hydrogens is 302 g/mol. The van der Waals surface area contributed by atoms with E-state index in [2.05, 4.69) is 5.32 Å². The zero-order valence-corrected chi connectivity index (χ0v) is 14.6. The molecule has 0 radical (unpaired) electrons. The lowest BCUT2D eigenvalue weighted by Gasteiger charge is -2.20. The van der Waals surface area contributed by atoms with E-state index in [1.54, 1.807) is 39.0 Å². The molecule has 0 fully saturated rings. The molecular formula is C17H24ClNO3. The molecule has 0 aliphatic heterocycles. The summed E-state index contributed by atoms with van der Waals surface area (Å²) in [5.74, 6) is 0.415. The summed E-state index contributed by atoms with van der Waals surface area (Å²) in [4.78, 5) is 23.9. The van der Waals surface area contributed by atoms with Crippen LogP contribution in [0.1, 0.15) is 46.6 Å². The van der Waals surface area contributed by atoms with Crippen molar-refractivity contribution in [1.29, 1.82) is 0 Å². The van der Waals surface area contributed by atoms with E-state index in [0.29, 0.717) is 28.6 Å². The molecule has 1 N–H and O–H groups in total. The molecule has 0 unspecified atom stereocenters. The van der Waals surface area contributed by atoms with Crippen LogP contribution in [0.25, 0.3) is 0 Å². The second-order valence-corrected chi connectivity index (χ2v) is 7.18. The molecule has 1 aromatic carbocycles. The predicted octanol–water partition coefficient (Wildman–Crippen LogP) is 4.84. The Kier molecular flexibility index (Phi) is 6.42. The number of carbonyl (C=O) groups excluding carboxylic acids is 2. The number of amides is 1. The Labute approximate surface area is 137 Å². The minimum absolute atomic E-state index is 0.115. The van der Waals surface area contributed by atoms with Crippen LogP contribution < -0.4 is 5.32 Å². The van der Waals surface area contributed by atoms with Crippen molar-refractivity contribution in [1.82, 2.24) is 0 Å². The molecule has 0 saturated carbocycles. The number of Topliss-reactive ketones (excluding diaryl/α,β-unsaturated/α-hetero) is 1. The van der Waals surface area contributed by atoms with Gasteiger partial charge in [-0.2, -0.15) is 0 Å². The standard InChI is InChI=1S/C17H24ClNO3/c1-11(2)8-14(20)10-12-9-13(18)6-7-15(12)19-16(21)22-17(3,4)5/h6-7,9,11H,8,10H2,1-5H3,(H,19,21). The Morgan fingerprint density at radius 1 is 1.27 bits per heavy atom. The highest BCUT2D eigenvalue weighted by Gasteiger charge is 2.18. The number of rotatable bonds is 5. The highest BCUT2D eigenvalue weighted by atomic mass is 35.5. The van der Waals surface area contributed by atoms with Crippen LogP contribution in [0.2, 0.25) is 5.02 Å². The first-order chi connectivity index (χ1) is 10.1. The molecule has 0 atom stereocenters. The topological polar surface area (TPSA) is 55.4 Å². The highest BCUT2D eigenvalue weighted by Crippen LogP contribution is 2.23. The van der Waals surface area contributed by atoms with Crippen LogP contribution >= 0.6 is 11.6 Å². The lowest BCUT2D eigenvalue weighted by Crippen LogP contribution is -2.27. The van der Waals surface area contributed by atoms with Gasteiger partial charge < -0.3 is 4.74 Å². The molecule has 122 valence electrons. The molecule has 22 heavy (non-hydrogen) atoms. The fourth-order valence-electron chi connectivity index (χ4n) is 1.98. The third-order valence-corrected chi connectivity index (χ3v) is 2.96. The van der Waals surface area contributed by atoms with Crippen molar-refractivity contribution in [2.45, 2.75) is 53.1 Å². The smallest absolute Gasteiger partial charge is 0.412 e. The highest BCUT2D eigenvalue weighted by molar-refractivity contribution is 6.30. The van der Waals surface area contributed by atoms with Crippen molar-refractivity contribution in [2.24, 2.45) is 5.92 Å². The predicted molar refractivity (Wildman–Crippen MR) is 89.5 cm³/mol. The summed E-state index contributed by atoms with van der Waals surface area (Å²) in [6.07, 6.45) is 0.190. The first-order valence-corrected chi connectivity index (χ1v) is 7.75. The number of benzene rings is 1.